The Balaban J connectivity index is 2.70. The minimum Gasteiger partial charge on any atom is -0.467 e. The Labute approximate surface area is 93.4 Å². The van der Waals surface area contributed by atoms with Gasteiger partial charge in [0.15, 0.2) is 0 Å². The second-order valence-corrected chi connectivity index (χ2v) is 3.37. The van der Waals surface area contributed by atoms with Crippen LogP contribution in [0.1, 0.15) is 29.4 Å². The zero-order valence-corrected chi connectivity index (χ0v) is 9.53. The van der Waals surface area contributed by atoms with E-state index in [1.54, 1.807) is 13.8 Å². The van der Waals surface area contributed by atoms with E-state index < -0.39 is 12.0 Å². The number of hydrogen-bond donors (Lipinski definition) is 2. The van der Waals surface area contributed by atoms with Gasteiger partial charge in [0, 0.05) is 5.69 Å². The summed E-state index contributed by atoms with van der Waals surface area (Å²) >= 11 is 0. The normalized spacial score (nSPS) is 11.9. The fraction of sp³-hybridized carbons (Fsp3) is 0.500. The number of ether oxygens (including phenoxy) is 1. The summed E-state index contributed by atoms with van der Waals surface area (Å²) < 4.78 is 4.57. The molecule has 0 unspecified atom stereocenters. The lowest BCUT2D eigenvalue weighted by Gasteiger charge is -2.13. The highest BCUT2D eigenvalue weighted by atomic mass is 16.5. The summed E-state index contributed by atoms with van der Waals surface area (Å²) in [5.41, 5.74) is 1.10. The molecular weight excluding hydrogens is 210 g/mol. The smallest absolute Gasteiger partial charge is 0.328 e. The van der Waals surface area contributed by atoms with Gasteiger partial charge in [-0.25, -0.2) is 4.79 Å². The third-order valence-electron chi connectivity index (χ3n) is 2.27. The first kappa shape index (κ1) is 12.2. The fourth-order valence-corrected chi connectivity index (χ4v) is 1.29. The number of H-pyrrole nitrogens is 1. The third-order valence-corrected chi connectivity index (χ3v) is 2.27. The third kappa shape index (κ3) is 2.59. The van der Waals surface area contributed by atoms with Crippen molar-refractivity contribution in [3.63, 3.8) is 0 Å². The molecule has 16 heavy (non-hydrogen) atoms. The maximum atomic E-state index is 11.7. The van der Waals surface area contributed by atoms with Gasteiger partial charge in [-0.05, 0) is 13.3 Å². The zero-order valence-electron chi connectivity index (χ0n) is 9.53. The van der Waals surface area contributed by atoms with Gasteiger partial charge in [-0.3, -0.25) is 9.89 Å². The topological polar surface area (TPSA) is 84.1 Å². The number of aromatic nitrogens is 2. The number of nitrogens with zero attached hydrogens (tertiary/aromatic N) is 1. The van der Waals surface area contributed by atoms with E-state index in [0.29, 0.717) is 17.7 Å². The van der Waals surface area contributed by atoms with E-state index in [2.05, 4.69) is 20.3 Å². The first-order valence-electron chi connectivity index (χ1n) is 4.98. The Kier molecular flexibility index (Phi) is 4.04. The molecule has 0 saturated heterocycles. The highest BCUT2D eigenvalue weighted by molar-refractivity contribution is 5.97. The molecule has 0 fully saturated rings. The summed E-state index contributed by atoms with van der Waals surface area (Å²) in [7, 11) is 1.29. The minimum atomic E-state index is -0.619. The van der Waals surface area contributed by atoms with E-state index in [9.17, 15) is 9.59 Å². The number of hydrogen-bond acceptors (Lipinski definition) is 4. The maximum absolute atomic E-state index is 11.7. The SMILES string of the molecule is CC[C@@H](NC(=O)c1cn[nH]c1C)C(=O)OC. The van der Waals surface area contributed by atoms with Crippen LogP contribution in [0.15, 0.2) is 6.20 Å². The summed E-state index contributed by atoms with van der Waals surface area (Å²) in [6.45, 7) is 3.53. The molecule has 0 radical (unpaired) electrons. The molecule has 0 aliphatic carbocycles. The highest BCUT2D eigenvalue weighted by Crippen LogP contribution is 2.04. The van der Waals surface area contributed by atoms with Crippen molar-refractivity contribution in [2.75, 3.05) is 7.11 Å². The van der Waals surface area contributed by atoms with Crippen molar-refractivity contribution in [2.24, 2.45) is 0 Å². The van der Waals surface area contributed by atoms with Crippen molar-refractivity contribution in [1.29, 1.82) is 0 Å². The van der Waals surface area contributed by atoms with Gasteiger partial charge in [0.1, 0.15) is 6.04 Å². The molecule has 6 nitrogen and oxygen atoms in total. The number of amides is 1. The molecule has 0 saturated carbocycles. The van der Waals surface area contributed by atoms with Gasteiger partial charge in [0.25, 0.3) is 5.91 Å². The lowest BCUT2D eigenvalue weighted by Crippen LogP contribution is -2.41. The van der Waals surface area contributed by atoms with Crippen LogP contribution in [0.5, 0.6) is 0 Å². The van der Waals surface area contributed by atoms with Gasteiger partial charge in [0.05, 0.1) is 18.9 Å². The number of aromatic amines is 1. The van der Waals surface area contributed by atoms with Gasteiger partial charge < -0.3 is 10.1 Å². The van der Waals surface area contributed by atoms with Gasteiger partial charge in [-0.15, -0.1) is 0 Å². The Morgan fingerprint density at radius 2 is 2.31 bits per heavy atom. The summed E-state index contributed by atoms with van der Waals surface area (Å²) in [5, 5.41) is 8.98. The van der Waals surface area contributed by atoms with Gasteiger partial charge >= 0.3 is 5.97 Å². The van der Waals surface area contributed by atoms with Crippen molar-refractivity contribution >= 4 is 11.9 Å². The molecule has 1 aromatic heterocycles. The van der Waals surface area contributed by atoms with Crippen LogP contribution in [0.25, 0.3) is 0 Å². The molecule has 1 heterocycles. The molecule has 6 heteroatoms. The second kappa shape index (κ2) is 5.29. The molecule has 0 aliphatic rings. The molecule has 0 spiro atoms. The quantitative estimate of drug-likeness (QED) is 0.726. The first-order chi connectivity index (χ1) is 7.60. The monoisotopic (exact) mass is 225 g/mol. The first-order valence-corrected chi connectivity index (χ1v) is 4.98. The maximum Gasteiger partial charge on any atom is 0.328 e. The Bertz CT molecular complexity index is 386. The summed E-state index contributed by atoms with van der Waals surface area (Å²) in [6.07, 6.45) is 1.91. The molecule has 2 N–H and O–H groups in total. The largest absolute Gasteiger partial charge is 0.467 e. The van der Waals surface area contributed by atoms with Gasteiger partial charge in [0.2, 0.25) is 0 Å². The number of rotatable bonds is 4. The molecule has 1 aromatic rings. The lowest BCUT2D eigenvalue weighted by molar-refractivity contribution is -0.142. The Hall–Kier alpha value is -1.85. The van der Waals surface area contributed by atoms with Crippen LogP contribution in [0, 0.1) is 6.92 Å². The van der Waals surface area contributed by atoms with Crippen molar-refractivity contribution in [2.45, 2.75) is 26.3 Å². The summed E-state index contributed by atoms with van der Waals surface area (Å²) in [6, 6.07) is -0.619. The van der Waals surface area contributed by atoms with E-state index in [1.165, 1.54) is 13.3 Å². The van der Waals surface area contributed by atoms with E-state index >= 15 is 0 Å². The van der Waals surface area contributed by atoms with Crippen LogP contribution < -0.4 is 5.32 Å². The van der Waals surface area contributed by atoms with Crippen LogP contribution >= 0.6 is 0 Å². The molecule has 0 aliphatic heterocycles. The van der Waals surface area contributed by atoms with Gasteiger partial charge in [-0.2, -0.15) is 5.10 Å². The zero-order chi connectivity index (χ0) is 12.1. The molecule has 1 atom stereocenters. The van der Waals surface area contributed by atoms with Crippen LogP contribution in [0.4, 0.5) is 0 Å². The molecule has 0 bridgehead atoms. The molecule has 0 aromatic carbocycles. The van der Waals surface area contributed by atoms with Crippen LogP contribution in [0.3, 0.4) is 0 Å². The number of aryl methyl sites for hydroxylation is 1. The van der Waals surface area contributed by atoms with E-state index in [-0.39, 0.29) is 5.91 Å². The fourth-order valence-electron chi connectivity index (χ4n) is 1.29. The average molecular weight is 225 g/mol. The van der Waals surface area contributed by atoms with E-state index in [0.717, 1.165) is 0 Å². The molecule has 88 valence electrons. The van der Waals surface area contributed by atoms with Crippen molar-refractivity contribution < 1.29 is 14.3 Å². The minimum absolute atomic E-state index is 0.330. The number of carbonyl (C=O) groups excluding carboxylic acids is 2. The van der Waals surface area contributed by atoms with Crippen LogP contribution in [-0.2, 0) is 9.53 Å². The van der Waals surface area contributed by atoms with Crippen molar-refractivity contribution in [1.82, 2.24) is 15.5 Å². The summed E-state index contributed by atoms with van der Waals surface area (Å²) in [5.74, 6) is -0.777. The lowest BCUT2D eigenvalue weighted by atomic mass is 10.2. The number of esters is 1. The predicted molar refractivity (Wildman–Crippen MR) is 56.9 cm³/mol. The van der Waals surface area contributed by atoms with E-state index in [4.69, 9.17) is 0 Å². The number of methoxy groups -OCH3 is 1. The molecule has 1 amide bonds. The van der Waals surface area contributed by atoms with E-state index in [1.807, 2.05) is 0 Å². The van der Waals surface area contributed by atoms with Crippen LogP contribution in [0.2, 0.25) is 0 Å². The average Bonchev–Trinajstić information content (AvgIpc) is 2.71. The second-order valence-electron chi connectivity index (χ2n) is 3.37. The van der Waals surface area contributed by atoms with Gasteiger partial charge in [-0.1, -0.05) is 6.92 Å². The highest BCUT2D eigenvalue weighted by Gasteiger charge is 2.21. The molecule has 1 rings (SSSR count). The van der Waals surface area contributed by atoms with Crippen LogP contribution in [-0.4, -0.2) is 35.2 Å². The summed E-state index contributed by atoms with van der Waals surface area (Å²) in [4.78, 5) is 23.0. The Morgan fingerprint density at radius 1 is 1.62 bits per heavy atom. The number of carbonyl (C=O) groups is 2. The molecular formula is C10H15N3O3. The van der Waals surface area contributed by atoms with Crippen molar-refractivity contribution in [3.8, 4) is 0 Å². The number of nitrogens with one attached hydrogen (secondary N) is 2. The standard InChI is InChI=1S/C10H15N3O3/c1-4-8(10(15)16-3)12-9(14)7-5-11-13-6(7)2/h5,8H,4H2,1-3H3,(H,11,13)(H,12,14)/t8-/m1/s1. The Morgan fingerprint density at radius 3 is 2.75 bits per heavy atom. The predicted octanol–water partition coefficient (Wildman–Crippen LogP) is 0.400. The van der Waals surface area contributed by atoms with Crippen molar-refractivity contribution in [3.05, 3.63) is 17.5 Å².